The van der Waals surface area contributed by atoms with Crippen LogP contribution in [0.1, 0.15) is 113 Å². The average molecular weight is 908 g/mol. The Hall–Kier alpha value is -5.91. The molecule has 15 heteroatoms. The summed E-state index contributed by atoms with van der Waals surface area (Å²) >= 11 is 12.8. The molecule has 2 unspecified atom stereocenters. The Kier molecular flexibility index (Phi) is 14.3. The quantitative estimate of drug-likeness (QED) is 0.0397. The summed E-state index contributed by atoms with van der Waals surface area (Å²) in [5.74, 6) is 3.21. The maximum absolute atomic E-state index is 16.2. The van der Waals surface area contributed by atoms with Crippen molar-refractivity contribution in [2.24, 2.45) is 11.7 Å². The number of carbonyl (C=O) groups excluding carboxylic acids is 6. The lowest BCUT2D eigenvalue weighted by molar-refractivity contribution is -0.139. The number of aryl methyl sites for hydroxylation is 1. The summed E-state index contributed by atoms with van der Waals surface area (Å²) < 4.78 is 16.2. The largest absolute Gasteiger partial charge is 0.352 e. The molecule has 64 heavy (non-hydrogen) atoms. The number of nitrogens with one attached hydrogen (secondary N) is 3. The third-order valence-corrected chi connectivity index (χ3v) is 12.8. The highest BCUT2D eigenvalue weighted by Gasteiger charge is 2.56. The third-order valence-electron chi connectivity index (χ3n) is 12.3. The molecule has 12 nitrogen and oxygen atoms in total. The van der Waals surface area contributed by atoms with Crippen LogP contribution in [-0.2, 0) is 24.7 Å². The fraction of sp³-hybridized carbons (Fsp3) is 0.347. The van der Waals surface area contributed by atoms with E-state index < -0.39 is 41.2 Å². The first-order valence-electron chi connectivity index (χ1n) is 21.4. The molecule has 332 valence electrons. The number of nitrogens with zero attached hydrogens (tertiary/aromatic N) is 2. The first-order chi connectivity index (χ1) is 30.8. The first kappa shape index (κ1) is 46.1. The molecule has 2 aliphatic heterocycles. The van der Waals surface area contributed by atoms with E-state index in [1.165, 1.54) is 6.07 Å². The molecule has 4 atom stereocenters. The highest BCUT2D eigenvalue weighted by Crippen LogP contribution is 2.51. The highest BCUT2D eigenvalue weighted by molar-refractivity contribution is 6.31. The van der Waals surface area contributed by atoms with Crippen molar-refractivity contribution in [3.05, 3.63) is 134 Å². The molecule has 4 aromatic carbocycles. The van der Waals surface area contributed by atoms with E-state index in [0.29, 0.717) is 84.1 Å². The summed E-state index contributed by atoms with van der Waals surface area (Å²) in [7, 11) is 0. The number of benzene rings is 4. The number of hydrogen-bond acceptors (Lipinski definition) is 8. The fourth-order valence-electron chi connectivity index (χ4n) is 8.76. The van der Waals surface area contributed by atoms with Crippen molar-refractivity contribution in [2.75, 3.05) is 18.4 Å². The first-order valence-corrected chi connectivity index (χ1v) is 22.2. The Morgan fingerprint density at radius 1 is 1.00 bits per heavy atom. The molecular formula is C49H49Cl2FN6O6. The van der Waals surface area contributed by atoms with Gasteiger partial charge in [-0.05, 0) is 98.9 Å². The normalized spacial score (nSPS) is 18.9. The molecule has 2 fully saturated rings. The number of carbonyl (C=O) groups is 6. The zero-order valence-corrected chi connectivity index (χ0v) is 37.0. The van der Waals surface area contributed by atoms with Gasteiger partial charge in [0.1, 0.15) is 11.9 Å². The predicted octanol–water partition coefficient (Wildman–Crippen LogP) is 7.18. The molecule has 0 spiro atoms. The summed E-state index contributed by atoms with van der Waals surface area (Å²) in [6.45, 7) is 4.61. The molecule has 2 heterocycles. The molecule has 3 aliphatic rings. The standard InChI is InChI=1S/C49H49Cl2FN6O6/c1-3-35(58(27-30-14-15-30)49(37-12-8-13-38(51)44(37)52)36-21-20-34(50)25-40(36)55-48(49)64)26-39(53)31-16-18-33(19-17-31)45(61)54-24-6-4-5-10-32-11-7-9-29(2)43(32)47(63)57(28-59)41-22-23-42(60)56-46(41)62/h7-9,11-13,16-21,25,28,30,35,39,41H,3-4,6,14-15,22-24,26-27,53H2,1-2H3,(H,54,61)(H,55,64)(H,56,60,62)/t35-,39?,41?,49-/m1/s1. The lowest BCUT2D eigenvalue weighted by Gasteiger charge is -2.45. The Morgan fingerprint density at radius 3 is 2.45 bits per heavy atom. The molecule has 6 amide bonds. The number of nitrogens with two attached hydrogens (primary N) is 1. The van der Waals surface area contributed by atoms with Crippen molar-refractivity contribution in [2.45, 2.75) is 88.9 Å². The van der Waals surface area contributed by atoms with Gasteiger partial charge in [-0.1, -0.05) is 84.4 Å². The SMILES string of the molecule is CC[C@H](CC(N)c1ccc(C(=O)NCCCC#Cc2cccc(C)c2C(=O)N(C=O)C2CCC(=O)NC2=O)cc1)N(CC1CC1)[C@]1(c2cccc(Cl)c2F)C(=O)Nc2cc(Cl)ccc21. The molecule has 5 N–H and O–H groups in total. The van der Waals surface area contributed by atoms with Gasteiger partial charge in [-0.2, -0.15) is 0 Å². The van der Waals surface area contributed by atoms with Crippen LogP contribution in [-0.4, -0.2) is 70.9 Å². The Balaban J connectivity index is 0.997. The number of halogens is 3. The van der Waals surface area contributed by atoms with E-state index in [2.05, 4.69) is 32.7 Å². The van der Waals surface area contributed by atoms with Gasteiger partial charge in [-0.25, -0.2) is 4.39 Å². The van der Waals surface area contributed by atoms with Gasteiger partial charge in [0.25, 0.3) is 17.7 Å². The van der Waals surface area contributed by atoms with Gasteiger partial charge in [-0.3, -0.25) is 43.9 Å². The second kappa shape index (κ2) is 19.9. The van der Waals surface area contributed by atoms with Crippen LogP contribution in [0, 0.1) is 30.5 Å². The number of fused-ring (bicyclic) bond motifs is 1. The summed E-state index contributed by atoms with van der Waals surface area (Å²) in [6, 6.07) is 20.3. The van der Waals surface area contributed by atoms with Crippen LogP contribution in [0.25, 0.3) is 0 Å². The molecule has 1 aliphatic carbocycles. The molecule has 1 saturated heterocycles. The van der Waals surface area contributed by atoms with E-state index in [-0.39, 0.29) is 46.8 Å². The fourth-order valence-corrected chi connectivity index (χ4v) is 9.11. The Labute approximate surface area is 381 Å². The molecular weight excluding hydrogens is 858 g/mol. The topological polar surface area (TPSA) is 171 Å². The van der Waals surface area contributed by atoms with Gasteiger partial charge in [0, 0.05) is 71.0 Å². The lowest BCUT2D eigenvalue weighted by atomic mass is 9.79. The number of amides is 6. The van der Waals surface area contributed by atoms with Crippen LogP contribution in [0.2, 0.25) is 10.0 Å². The number of rotatable bonds is 16. The van der Waals surface area contributed by atoms with Crippen LogP contribution < -0.4 is 21.7 Å². The number of unbranched alkanes of at least 4 members (excludes halogenated alkanes) is 1. The van der Waals surface area contributed by atoms with Gasteiger partial charge in [0.05, 0.1) is 10.6 Å². The maximum Gasteiger partial charge on any atom is 0.262 e. The van der Waals surface area contributed by atoms with E-state index in [1.807, 2.05) is 19.1 Å². The minimum Gasteiger partial charge on any atom is -0.352 e. The molecule has 7 rings (SSSR count). The number of anilines is 1. The third kappa shape index (κ3) is 9.47. The van der Waals surface area contributed by atoms with Crippen molar-refractivity contribution in [1.29, 1.82) is 0 Å². The van der Waals surface area contributed by atoms with E-state index in [1.54, 1.807) is 67.6 Å². The van der Waals surface area contributed by atoms with Crippen LogP contribution in [0.5, 0.6) is 0 Å². The second-order valence-corrected chi connectivity index (χ2v) is 17.4. The molecule has 0 radical (unpaired) electrons. The minimum atomic E-state index is -1.54. The maximum atomic E-state index is 16.2. The zero-order chi connectivity index (χ0) is 45.7. The van der Waals surface area contributed by atoms with E-state index >= 15 is 4.39 Å². The number of piperidine rings is 1. The Morgan fingerprint density at radius 2 is 1.75 bits per heavy atom. The monoisotopic (exact) mass is 906 g/mol. The summed E-state index contributed by atoms with van der Waals surface area (Å²) in [6.07, 6.45) is 4.29. The second-order valence-electron chi connectivity index (χ2n) is 16.5. The summed E-state index contributed by atoms with van der Waals surface area (Å²) in [5, 5.41) is 8.44. The van der Waals surface area contributed by atoms with Crippen LogP contribution in [0.4, 0.5) is 10.1 Å². The van der Waals surface area contributed by atoms with Gasteiger partial charge in [0.15, 0.2) is 5.54 Å². The Bertz CT molecular complexity index is 2560. The molecule has 4 aromatic rings. The average Bonchev–Trinajstić information content (AvgIpc) is 4.06. The van der Waals surface area contributed by atoms with Gasteiger partial charge in [0.2, 0.25) is 18.2 Å². The van der Waals surface area contributed by atoms with Crippen molar-refractivity contribution < 1.29 is 33.2 Å². The minimum absolute atomic E-state index is 0.0120. The predicted molar refractivity (Wildman–Crippen MR) is 242 cm³/mol. The van der Waals surface area contributed by atoms with Gasteiger partial charge < -0.3 is 16.4 Å². The van der Waals surface area contributed by atoms with Crippen LogP contribution in [0.3, 0.4) is 0 Å². The van der Waals surface area contributed by atoms with E-state index in [4.69, 9.17) is 28.9 Å². The van der Waals surface area contributed by atoms with Crippen LogP contribution in [0.15, 0.2) is 78.9 Å². The van der Waals surface area contributed by atoms with Gasteiger partial charge >= 0.3 is 0 Å². The lowest BCUT2D eigenvalue weighted by Crippen LogP contribution is -2.57. The number of hydrogen-bond donors (Lipinski definition) is 4. The summed E-state index contributed by atoms with van der Waals surface area (Å²) in [5.41, 5.74) is 9.05. The summed E-state index contributed by atoms with van der Waals surface area (Å²) in [4.78, 5) is 80.1. The van der Waals surface area contributed by atoms with E-state index in [9.17, 15) is 28.8 Å². The number of imide groups is 2. The molecule has 1 saturated carbocycles. The van der Waals surface area contributed by atoms with Crippen molar-refractivity contribution in [3.63, 3.8) is 0 Å². The highest BCUT2D eigenvalue weighted by atomic mass is 35.5. The smallest absolute Gasteiger partial charge is 0.262 e. The van der Waals surface area contributed by atoms with Crippen molar-refractivity contribution in [1.82, 2.24) is 20.4 Å². The van der Waals surface area contributed by atoms with Crippen LogP contribution >= 0.6 is 23.2 Å². The van der Waals surface area contributed by atoms with Crippen molar-refractivity contribution >= 4 is 64.8 Å². The van der Waals surface area contributed by atoms with Crippen molar-refractivity contribution in [3.8, 4) is 11.8 Å². The molecule has 0 aromatic heterocycles. The zero-order valence-electron chi connectivity index (χ0n) is 35.5. The van der Waals surface area contributed by atoms with Gasteiger partial charge in [-0.15, -0.1) is 0 Å². The molecule has 0 bridgehead atoms. The van der Waals surface area contributed by atoms with E-state index in [0.717, 1.165) is 23.3 Å².